The number of ketones is 2. The molecule has 4 rings (SSSR count). The average molecular weight is 542 g/mol. The van der Waals surface area contributed by atoms with Gasteiger partial charge in [-0.05, 0) is 63.1 Å². The number of rotatable bonds is 11. The Hall–Kier alpha value is -4.25. The van der Waals surface area contributed by atoms with Crippen molar-refractivity contribution < 1.29 is 23.9 Å². The van der Waals surface area contributed by atoms with Crippen molar-refractivity contribution in [2.24, 2.45) is 0 Å². The molecule has 0 radical (unpaired) electrons. The first-order valence-corrected chi connectivity index (χ1v) is 13.9. The van der Waals surface area contributed by atoms with Crippen molar-refractivity contribution >= 4 is 34.8 Å². The van der Waals surface area contributed by atoms with Crippen LogP contribution in [0.15, 0.2) is 42.6 Å². The Bertz CT molecular complexity index is 1440. The van der Waals surface area contributed by atoms with Crippen LogP contribution in [0.5, 0.6) is 0 Å². The summed E-state index contributed by atoms with van der Waals surface area (Å²) in [5.41, 5.74) is 4.68. The van der Waals surface area contributed by atoms with Gasteiger partial charge in [-0.3, -0.25) is 19.2 Å². The highest BCUT2D eigenvalue weighted by Gasteiger charge is 2.35. The highest BCUT2D eigenvalue weighted by Crippen LogP contribution is 2.18. The van der Waals surface area contributed by atoms with Crippen LogP contribution >= 0.6 is 0 Å². The lowest BCUT2D eigenvalue weighted by molar-refractivity contribution is -0.157. The van der Waals surface area contributed by atoms with Gasteiger partial charge < -0.3 is 14.5 Å². The molecule has 2 aromatic heterocycles. The number of esters is 1. The largest absolute Gasteiger partial charge is 0.446 e. The molecule has 0 bridgehead atoms. The van der Waals surface area contributed by atoms with E-state index in [1.54, 1.807) is 6.07 Å². The SMILES string of the molecule is Cc1cc(C)n2ccc(C(=O)Nc3ccc(C#CCCCCCCCCC(=O)OC4C(=O)CCC4=O)cc3)c2n1. The summed E-state index contributed by atoms with van der Waals surface area (Å²) in [6, 6.07) is 11.3. The van der Waals surface area contributed by atoms with Crippen molar-refractivity contribution in [1.82, 2.24) is 9.38 Å². The van der Waals surface area contributed by atoms with Gasteiger partial charge in [-0.15, -0.1) is 0 Å². The average Bonchev–Trinajstić information content (AvgIpc) is 3.49. The molecule has 1 aliphatic rings. The van der Waals surface area contributed by atoms with Crippen molar-refractivity contribution in [3.05, 3.63) is 65.1 Å². The Morgan fingerprint density at radius 1 is 0.975 bits per heavy atom. The van der Waals surface area contributed by atoms with Gasteiger partial charge in [-0.25, -0.2) is 4.98 Å². The quantitative estimate of drug-likeness (QED) is 0.148. The first-order chi connectivity index (χ1) is 19.3. The number of unbranched alkanes of at least 4 members (excludes halogenated alkanes) is 6. The molecule has 1 N–H and O–H groups in total. The Labute approximate surface area is 234 Å². The van der Waals surface area contributed by atoms with Gasteiger partial charge in [0.1, 0.15) is 5.65 Å². The molecule has 208 valence electrons. The minimum Gasteiger partial charge on any atom is -0.446 e. The molecule has 40 heavy (non-hydrogen) atoms. The summed E-state index contributed by atoms with van der Waals surface area (Å²) >= 11 is 0. The number of hydrogen-bond donors (Lipinski definition) is 1. The Kier molecular flexibility index (Phi) is 9.85. The molecule has 1 fully saturated rings. The van der Waals surface area contributed by atoms with Crippen LogP contribution in [0.2, 0.25) is 0 Å². The fourth-order valence-corrected chi connectivity index (χ4v) is 4.77. The monoisotopic (exact) mass is 541 g/mol. The molecule has 1 aliphatic carbocycles. The molecule has 0 unspecified atom stereocenters. The number of carbonyl (C=O) groups excluding carboxylic acids is 4. The third-order valence-corrected chi connectivity index (χ3v) is 6.94. The summed E-state index contributed by atoms with van der Waals surface area (Å²) in [6.45, 7) is 3.90. The molecule has 3 aromatic rings. The molecular weight excluding hydrogens is 506 g/mol. The van der Waals surface area contributed by atoms with E-state index in [1.807, 2.05) is 54.8 Å². The first kappa shape index (κ1) is 28.8. The number of aryl methyl sites for hydroxylation is 2. The summed E-state index contributed by atoms with van der Waals surface area (Å²) in [5.74, 6) is 5.15. The predicted molar refractivity (Wildman–Crippen MR) is 152 cm³/mol. The third-order valence-electron chi connectivity index (χ3n) is 6.94. The van der Waals surface area contributed by atoms with Crippen molar-refractivity contribution in [3.63, 3.8) is 0 Å². The fourth-order valence-electron chi connectivity index (χ4n) is 4.77. The second-order valence-electron chi connectivity index (χ2n) is 10.2. The maximum absolute atomic E-state index is 12.8. The number of fused-ring (bicyclic) bond motifs is 1. The maximum Gasteiger partial charge on any atom is 0.306 e. The normalized spacial score (nSPS) is 13.3. The van der Waals surface area contributed by atoms with E-state index in [4.69, 9.17) is 4.74 Å². The van der Waals surface area contributed by atoms with Crippen molar-refractivity contribution in [2.45, 2.75) is 84.2 Å². The van der Waals surface area contributed by atoms with Gasteiger partial charge >= 0.3 is 5.97 Å². The number of benzene rings is 1. The third kappa shape index (κ3) is 7.66. The lowest BCUT2D eigenvalue weighted by Gasteiger charge is -2.09. The zero-order valence-electron chi connectivity index (χ0n) is 23.1. The molecule has 8 heteroatoms. The van der Waals surface area contributed by atoms with Crippen LogP contribution in [0.25, 0.3) is 5.65 Å². The van der Waals surface area contributed by atoms with Crippen LogP contribution in [0.4, 0.5) is 5.69 Å². The standard InChI is InChI=1S/C32H35N3O5/c1-22-21-23(2)35-20-19-26(31(35)33-22)32(39)34-25-15-13-24(14-16-25)11-9-7-5-3-4-6-8-10-12-29(38)40-30-27(36)17-18-28(30)37/h13-16,19-21,30H,3-8,10,12,17-18H2,1-2H3,(H,34,39). The molecule has 8 nitrogen and oxygen atoms in total. The maximum atomic E-state index is 12.8. The number of ether oxygens (including phenoxy) is 1. The van der Waals surface area contributed by atoms with Gasteiger partial charge in [0.15, 0.2) is 11.6 Å². The van der Waals surface area contributed by atoms with E-state index in [-0.39, 0.29) is 36.7 Å². The number of anilines is 1. The lowest BCUT2D eigenvalue weighted by atomic mass is 10.1. The Morgan fingerprint density at radius 3 is 2.38 bits per heavy atom. The Balaban J connectivity index is 1.10. The van der Waals surface area contributed by atoms with Crippen LogP contribution in [0, 0.1) is 25.7 Å². The van der Waals surface area contributed by atoms with Crippen LogP contribution in [0.1, 0.15) is 91.5 Å². The molecule has 1 saturated carbocycles. The number of amides is 1. The zero-order chi connectivity index (χ0) is 28.5. The van der Waals surface area contributed by atoms with E-state index in [0.717, 1.165) is 55.5 Å². The number of carbonyl (C=O) groups is 4. The lowest BCUT2D eigenvalue weighted by Crippen LogP contribution is -2.28. The molecule has 0 saturated heterocycles. The highest BCUT2D eigenvalue weighted by atomic mass is 16.5. The summed E-state index contributed by atoms with van der Waals surface area (Å²) in [5, 5.41) is 2.94. The van der Waals surface area contributed by atoms with E-state index in [2.05, 4.69) is 22.1 Å². The van der Waals surface area contributed by atoms with Crippen molar-refractivity contribution in [2.75, 3.05) is 5.32 Å². The van der Waals surface area contributed by atoms with Gasteiger partial charge in [0.25, 0.3) is 5.91 Å². The van der Waals surface area contributed by atoms with Gasteiger partial charge in [0.05, 0.1) is 5.56 Å². The molecule has 1 aromatic carbocycles. The van der Waals surface area contributed by atoms with Gasteiger partial charge in [0.2, 0.25) is 6.10 Å². The van der Waals surface area contributed by atoms with Gasteiger partial charge in [-0.2, -0.15) is 0 Å². The first-order valence-electron chi connectivity index (χ1n) is 13.9. The summed E-state index contributed by atoms with van der Waals surface area (Å²) in [6.07, 6.45) is 7.87. The summed E-state index contributed by atoms with van der Waals surface area (Å²) < 4.78 is 6.94. The Morgan fingerprint density at radius 2 is 1.65 bits per heavy atom. The van der Waals surface area contributed by atoms with Crippen LogP contribution in [0.3, 0.4) is 0 Å². The van der Waals surface area contributed by atoms with Crippen molar-refractivity contribution in [3.8, 4) is 11.8 Å². The smallest absolute Gasteiger partial charge is 0.306 e. The fraction of sp³-hybridized carbons (Fsp3) is 0.406. The number of nitrogens with zero attached hydrogens (tertiary/aromatic N) is 2. The van der Waals surface area contributed by atoms with E-state index in [0.29, 0.717) is 23.3 Å². The van der Waals surface area contributed by atoms with E-state index in [9.17, 15) is 19.2 Å². The second-order valence-corrected chi connectivity index (χ2v) is 10.2. The number of aromatic nitrogens is 2. The minimum absolute atomic E-state index is 0.179. The van der Waals surface area contributed by atoms with Crippen LogP contribution in [-0.2, 0) is 19.1 Å². The predicted octanol–water partition coefficient (Wildman–Crippen LogP) is 5.52. The van der Waals surface area contributed by atoms with Crippen molar-refractivity contribution in [1.29, 1.82) is 0 Å². The molecule has 0 spiro atoms. The molecule has 0 atom stereocenters. The highest BCUT2D eigenvalue weighted by molar-refractivity contribution is 6.12. The van der Waals surface area contributed by atoms with E-state index < -0.39 is 12.1 Å². The summed E-state index contributed by atoms with van der Waals surface area (Å²) in [4.78, 5) is 52.3. The molecule has 0 aliphatic heterocycles. The van der Waals surface area contributed by atoms with Crippen LogP contribution in [-0.4, -0.2) is 38.9 Å². The minimum atomic E-state index is -1.16. The molecule has 1 amide bonds. The molecule has 2 heterocycles. The van der Waals surface area contributed by atoms with Gasteiger partial charge in [-0.1, -0.05) is 37.5 Å². The van der Waals surface area contributed by atoms with E-state index >= 15 is 0 Å². The number of Topliss-reactive ketones (excluding diaryl/α,β-unsaturated/α-hetero) is 2. The van der Waals surface area contributed by atoms with Crippen LogP contribution < -0.4 is 5.32 Å². The zero-order valence-corrected chi connectivity index (χ0v) is 23.1. The van der Waals surface area contributed by atoms with Gasteiger partial charge in [0, 0.05) is 54.5 Å². The topological polar surface area (TPSA) is 107 Å². The molecular formula is C32H35N3O5. The number of nitrogens with one attached hydrogen (secondary N) is 1. The summed E-state index contributed by atoms with van der Waals surface area (Å²) in [7, 11) is 0. The number of hydrogen-bond acceptors (Lipinski definition) is 6. The second kappa shape index (κ2) is 13.7. The van der Waals surface area contributed by atoms with E-state index in [1.165, 1.54) is 0 Å².